The molecule has 0 atom stereocenters. The number of amides is 3. The second-order valence-corrected chi connectivity index (χ2v) is 11.2. The number of benzene rings is 4. The van der Waals surface area contributed by atoms with Crippen LogP contribution in [-0.4, -0.2) is 40.7 Å². The number of rotatable bonds is 10. The topological polar surface area (TPSA) is 88.1 Å². The second kappa shape index (κ2) is 15.0. The van der Waals surface area contributed by atoms with Gasteiger partial charge in [0.15, 0.2) is 5.17 Å². The number of aliphatic imine (C=N–C) groups is 1. The smallest absolute Gasteiger partial charge is 0.285 e. The molecule has 8 heteroatoms. The first kappa shape index (κ1) is 31.9. The Morgan fingerprint density at radius 3 is 2.17 bits per heavy atom. The van der Waals surface area contributed by atoms with Crippen LogP contribution in [-0.2, 0) is 14.4 Å². The maximum absolute atomic E-state index is 14.1. The molecule has 1 aliphatic rings. The van der Waals surface area contributed by atoms with Gasteiger partial charge in [0.1, 0.15) is 11.3 Å². The van der Waals surface area contributed by atoms with E-state index in [2.05, 4.69) is 16.9 Å². The van der Waals surface area contributed by atoms with Crippen LogP contribution < -0.4 is 10.1 Å². The molecule has 1 aliphatic heterocycles. The van der Waals surface area contributed by atoms with Gasteiger partial charge < -0.3 is 10.1 Å². The van der Waals surface area contributed by atoms with Crippen molar-refractivity contribution in [2.45, 2.75) is 13.0 Å². The Labute approximate surface area is 272 Å². The van der Waals surface area contributed by atoms with Gasteiger partial charge in [-0.3, -0.25) is 19.3 Å². The van der Waals surface area contributed by atoms with Crippen molar-refractivity contribution in [3.05, 3.63) is 156 Å². The number of carbonyl (C=O) groups is 3. The molecule has 3 amide bonds. The summed E-state index contributed by atoms with van der Waals surface area (Å²) in [7, 11) is 1.60. The number of allylic oxidation sites excluding steroid dienone is 4. The van der Waals surface area contributed by atoms with E-state index in [-0.39, 0.29) is 28.4 Å². The summed E-state index contributed by atoms with van der Waals surface area (Å²) in [6, 6.07) is 30.2. The molecule has 230 valence electrons. The predicted octanol–water partition coefficient (Wildman–Crippen LogP) is 7.24. The highest BCUT2D eigenvalue weighted by Gasteiger charge is 2.35. The van der Waals surface area contributed by atoms with Crippen LogP contribution in [0.2, 0.25) is 0 Å². The molecular weight excluding hydrogens is 595 g/mol. The van der Waals surface area contributed by atoms with Crippen molar-refractivity contribution >= 4 is 51.5 Å². The summed E-state index contributed by atoms with van der Waals surface area (Å²) in [6.07, 6.45) is 8.29. The Morgan fingerprint density at radius 2 is 1.57 bits per heavy atom. The number of nitrogens with zero attached hydrogens (tertiary/aromatic N) is 2. The van der Waals surface area contributed by atoms with Crippen LogP contribution in [0.15, 0.2) is 144 Å². The van der Waals surface area contributed by atoms with E-state index in [9.17, 15) is 14.4 Å². The monoisotopic (exact) mass is 627 g/mol. The third-order valence-electron chi connectivity index (χ3n) is 7.35. The lowest BCUT2D eigenvalue weighted by atomic mass is 9.99. The van der Waals surface area contributed by atoms with Gasteiger partial charge in [-0.2, -0.15) is 4.99 Å². The fraction of sp³-hybridized carbons (Fsp3) is 0.105. The summed E-state index contributed by atoms with van der Waals surface area (Å²) in [5.41, 5.74) is 2.93. The first-order valence-electron chi connectivity index (χ1n) is 14.7. The number of hydrogen-bond acceptors (Lipinski definition) is 5. The summed E-state index contributed by atoms with van der Waals surface area (Å²) >= 11 is 1.02. The van der Waals surface area contributed by atoms with E-state index in [0.29, 0.717) is 17.0 Å². The highest BCUT2D eigenvalue weighted by Crippen LogP contribution is 2.32. The van der Waals surface area contributed by atoms with Crippen molar-refractivity contribution in [2.75, 3.05) is 12.9 Å². The van der Waals surface area contributed by atoms with Crippen LogP contribution >= 0.6 is 11.8 Å². The normalized spacial score (nSPS) is 14.7. The highest BCUT2D eigenvalue weighted by atomic mass is 32.2. The summed E-state index contributed by atoms with van der Waals surface area (Å²) in [5, 5.41) is 4.89. The Morgan fingerprint density at radius 1 is 0.935 bits per heavy atom. The quantitative estimate of drug-likeness (QED) is 0.114. The van der Waals surface area contributed by atoms with E-state index in [1.54, 1.807) is 50.5 Å². The average molecular weight is 628 g/mol. The zero-order valence-electron chi connectivity index (χ0n) is 25.6. The number of fused-ring (bicyclic) bond motifs is 1. The molecule has 4 aromatic rings. The van der Waals surface area contributed by atoms with Gasteiger partial charge in [-0.15, -0.1) is 0 Å². The molecule has 0 radical (unpaired) electrons. The molecule has 0 unspecified atom stereocenters. The van der Waals surface area contributed by atoms with E-state index in [1.165, 1.54) is 4.90 Å². The molecule has 7 nitrogen and oxygen atoms in total. The predicted molar refractivity (Wildman–Crippen MR) is 186 cm³/mol. The van der Waals surface area contributed by atoms with Crippen molar-refractivity contribution in [1.82, 2.24) is 10.2 Å². The van der Waals surface area contributed by atoms with Crippen LogP contribution in [0.25, 0.3) is 16.8 Å². The lowest BCUT2D eigenvalue weighted by Gasteiger charge is -2.28. The molecule has 46 heavy (non-hydrogen) atoms. The first-order chi connectivity index (χ1) is 22.4. The molecule has 0 aromatic heterocycles. The molecule has 1 heterocycles. The summed E-state index contributed by atoms with van der Waals surface area (Å²) in [6.45, 7) is 5.52. The molecular formula is C38H33N3O4S. The minimum absolute atomic E-state index is 0.0730. The Hall–Kier alpha value is -5.47. The third kappa shape index (κ3) is 7.08. The minimum atomic E-state index is -0.682. The van der Waals surface area contributed by atoms with E-state index in [1.807, 2.05) is 91.0 Å². The van der Waals surface area contributed by atoms with Crippen LogP contribution in [0, 0.1) is 0 Å². The zero-order chi connectivity index (χ0) is 32.5. The van der Waals surface area contributed by atoms with E-state index >= 15 is 0 Å². The van der Waals surface area contributed by atoms with Crippen LogP contribution in [0.3, 0.4) is 0 Å². The number of amidine groups is 1. The summed E-state index contributed by atoms with van der Waals surface area (Å²) in [5.74, 6) is -0.894. The Kier molecular flexibility index (Phi) is 10.4. The number of methoxy groups -OCH3 is 1. The van der Waals surface area contributed by atoms with Gasteiger partial charge in [0.25, 0.3) is 11.8 Å². The van der Waals surface area contributed by atoms with Gasteiger partial charge in [-0.25, -0.2) is 0 Å². The Balaban J connectivity index is 1.46. The molecule has 0 spiro atoms. The molecule has 0 saturated heterocycles. The maximum Gasteiger partial charge on any atom is 0.285 e. The van der Waals surface area contributed by atoms with Gasteiger partial charge in [-0.05, 0) is 47.2 Å². The van der Waals surface area contributed by atoms with E-state index in [4.69, 9.17) is 4.74 Å². The SMILES string of the molecule is C=C/C=C\C(=C/C)N1C(=O)/C(=C/c2ccc(OC)c3ccccc23)C(=O)N=C1SCC(=O)NC(c1ccccc1)c1ccccc1. The molecule has 5 rings (SSSR count). The fourth-order valence-electron chi connectivity index (χ4n) is 5.15. The molecule has 4 aromatic carbocycles. The number of thioether (sulfide) groups is 1. The van der Waals surface area contributed by atoms with Crippen LogP contribution in [0.1, 0.15) is 29.7 Å². The second-order valence-electron chi connectivity index (χ2n) is 10.2. The van der Waals surface area contributed by atoms with Gasteiger partial charge in [0.05, 0.1) is 18.9 Å². The average Bonchev–Trinajstić information content (AvgIpc) is 3.09. The maximum atomic E-state index is 14.1. The summed E-state index contributed by atoms with van der Waals surface area (Å²) < 4.78 is 5.51. The van der Waals surface area contributed by atoms with Crippen molar-refractivity contribution < 1.29 is 19.1 Å². The van der Waals surface area contributed by atoms with Crippen molar-refractivity contribution in [2.24, 2.45) is 4.99 Å². The molecule has 0 bridgehead atoms. The van der Waals surface area contributed by atoms with E-state index < -0.39 is 11.8 Å². The standard InChI is InChI=1S/C38H33N3O4S/c1-4-6-19-29(5-2)41-37(44)32(24-28-22-23-33(45-3)31-21-14-13-20-30(28)31)36(43)40-38(41)46-25-34(42)39-35(26-15-9-7-10-16-26)27-17-11-8-12-18-27/h4-24,35H,1,25H2,2-3H3,(H,39,42)/b19-6-,29-5+,32-24+. The van der Waals surface area contributed by atoms with Gasteiger partial charge in [-0.1, -0.05) is 128 Å². The van der Waals surface area contributed by atoms with Crippen molar-refractivity contribution in [3.63, 3.8) is 0 Å². The molecule has 1 N–H and O–H groups in total. The van der Waals surface area contributed by atoms with Gasteiger partial charge in [0, 0.05) is 11.1 Å². The largest absolute Gasteiger partial charge is 0.496 e. The molecule has 0 aliphatic carbocycles. The van der Waals surface area contributed by atoms with Crippen molar-refractivity contribution in [3.8, 4) is 5.75 Å². The lowest BCUT2D eigenvalue weighted by Crippen LogP contribution is -2.42. The number of ether oxygens (including phenoxy) is 1. The molecule has 0 fully saturated rings. The van der Waals surface area contributed by atoms with Crippen molar-refractivity contribution in [1.29, 1.82) is 0 Å². The Bertz CT molecular complexity index is 1860. The van der Waals surface area contributed by atoms with Crippen LogP contribution in [0.4, 0.5) is 0 Å². The number of hydrogen-bond donors (Lipinski definition) is 1. The molecule has 0 saturated carbocycles. The van der Waals surface area contributed by atoms with Crippen LogP contribution in [0.5, 0.6) is 5.75 Å². The highest BCUT2D eigenvalue weighted by molar-refractivity contribution is 8.14. The van der Waals surface area contributed by atoms with Gasteiger partial charge in [0.2, 0.25) is 5.91 Å². The summed E-state index contributed by atoms with van der Waals surface area (Å²) in [4.78, 5) is 46.6. The minimum Gasteiger partial charge on any atom is -0.496 e. The van der Waals surface area contributed by atoms with E-state index in [0.717, 1.165) is 33.7 Å². The lowest BCUT2D eigenvalue weighted by molar-refractivity contribution is -0.126. The fourth-order valence-corrected chi connectivity index (χ4v) is 5.96. The third-order valence-corrected chi connectivity index (χ3v) is 8.29. The zero-order valence-corrected chi connectivity index (χ0v) is 26.4. The number of carbonyl (C=O) groups excluding carboxylic acids is 3. The first-order valence-corrected chi connectivity index (χ1v) is 15.7. The van der Waals surface area contributed by atoms with Gasteiger partial charge >= 0.3 is 0 Å². The number of nitrogens with one attached hydrogen (secondary N) is 1.